The van der Waals surface area contributed by atoms with Crippen molar-refractivity contribution in [1.29, 1.82) is 0 Å². The molecule has 0 spiro atoms. The van der Waals surface area contributed by atoms with Gasteiger partial charge in [0.05, 0.1) is 16.4 Å². The molecule has 1 atom stereocenters. The van der Waals surface area contributed by atoms with E-state index in [1.54, 1.807) is 0 Å². The van der Waals surface area contributed by atoms with Crippen molar-refractivity contribution in [1.82, 2.24) is 4.90 Å². The first-order chi connectivity index (χ1) is 8.22. The molecule has 1 fully saturated rings. The number of nitrogens with zero attached hydrogens (tertiary/aromatic N) is 1. The number of benzene rings is 1. The van der Waals surface area contributed by atoms with Gasteiger partial charge in [0.1, 0.15) is 0 Å². The summed E-state index contributed by atoms with van der Waals surface area (Å²) in [5, 5.41) is 4.09. The molecule has 2 rings (SSSR count). The number of likely N-dealkylation sites (N-methyl/N-ethyl adjacent to an activating group) is 1. The first kappa shape index (κ1) is 12.5. The van der Waals surface area contributed by atoms with E-state index in [9.17, 15) is 0 Å². The van der Waals surface area contributed by atoms with Gasteiger partial charge < -0.3 is 11.1 Å². The van der Waals surface area contributed by atoms with Crippen molar-refractivity contribution in [2.24, 2.45) is 0 Å². The SMILES string of the molecule is CCN1CCCC1CNc1c(N)cccc1Cl. The van der Waals surface area contributed by atoms with Crippen LogP contribution in [0.15, 0.2) is 18.2 Å². The molecule has 1 aromatic rings. The second kappa shape index (κ2) is 5.61. The van der Waals surface area contributed by atoms with Gasteiger partial charge in [0.25, 0.3) is 0 Å². The van der Waals surface area contributed by atoms with Crippen molar-refractivity contribution < 1.29 is 0 Å². The van der Waals surface area contributed by atoms with Crippen LogP contribution < -0.4 is 11.1 Å². The zero-order valence-corrected chi connectivity index (χ0v) is 11.0. The zero-order chi connectivity index (χ0) is 12.3. The molecule has 0 saturated carbocycles. The van der Waals surface area contributed by atoms with E-state index in [4.69, 9.17) is 17.3 Å². The van der Waals surface area contributed by atoms with Gasteiger partial charge in [-0.2, -0.15) is 0 Å². The van der Waals surface area contributed by atoms with E-state index in [1.165, 1.54) is 19.4 Å². The lowest BCUT2D eigenvalue weighted by atomic mass is 10.2. The smallest absolute Gasteiger partial charge is 0.0763 e. The normalized spacial score (nSPS) is 20.7. The molecule has 0 bridgehead atoms. The molecule has 3 N–H and O–H groups in total. The maximum Gasteiger partial charge on any atom is 0.0763 e. The van der Waals surface area contributed by atoms with Crippen LogP contribution in [-0.2, 0) is 0 Å². The summed E-state index contributed by atoms with van der Waals surface area (Å²) in [5.74, 6) is 0. The van der Waals surface area contributed by atoms with E-state index < -0.39 is 0 Å². The zero-order valence-electron chi connectivity index (χ0n) is 10.2. The summed E-state index contributed by atoms with van der Waals surface area (Å²) < 4.78 is 0. The molecular weight excluding hydrogens is 234 g/mol. The summed E-state index contributed by atoms with van der Waals surface area (Å²) in [6, 6.07) is 6.22. The molecule has 4 heteroatoms. The number of anilines is 2. The van der Waals surface area contributed by atoms with E-state index in [-0.39, 0.29) is 0 Å². The highest BCUT2D eigenvalue weighted by Crippen LogP contribution is 2.28. The molecule has 0 amide bonds. The van der Waals surface area contributed by atoms with Gasteiger partial charge in [0.2, 0.25) is 0 Å². The number of para-hydroxylation sites is 1. The lowest BCUT2D eigenvalue weighted by Crippen LogP contribution is -2.34. The second-order valence-electron chi connectivity index (χ2n) is 4.51. The Morgan fingerprint density at radius 3 is 3.06 bits per heavy atom. The molecule has 1 aliphatic rings. The predicted molar refractivity (Wildman–Crippen MR) is 74.6 cm³/mol. The molecule has 1 unspecified atom stereocenters. The molecule has 1 heterocycles. The monoisotopic (exact) mass is 253 g/mol. The number of nitrogens with two attached hydrogens (primary N) is 1. The van der Waals surface area contributed by atoms with Crippen LogP contribution in [0.2, 0.25) is 5.02 Å². The van der Waals surface area contributed by atoms with Crippen molar-refractivity contribution in [3.63, 3.8) is 0 Å². The molecule has 94 valence electrons. The Morgan fingerprint density at radius 2 is 2.35 bits per heavy atom. The van der Waals surface area contributed by atoms with Gasteiger partial charge in [-0.25, -0.2) is 0 Å². The highest BCUT2D eigenvalue weighted by Gasteiger charge is 2.22. The minimum atomic E-state index is 0.607. The van der Waals surface area contributed by atoms with Crippen molar-refractivity contribution in [2.45, 2.75) is 25.8 Å². The Balaban J connectivity index is 1.98. The molecule has 1 aromatic carbocycles. The van der Waals surface area contributed by atoms with Crippen LogP contribution in [0.25, 0.3) is 0 Å². The van der Waals surface area contributed by atoms with Crippen LogP contribution in [-0.4, -0.2) is 30.6 Å². The topological polar surface area (TPSA) is 41.3 Å². The fourth-order valence-electron chi connectivity index (χ4n) is 2.49. The van der Waals surface area contributed by atoms with Crippen LogP contribution >= 0.6 is 11.6 Å². The van der Waals surface area contributed by atoms with Crippen LogP contribution in [0, 0.1) is 0 Å². The first-order valence-electron chi connectivity index (χ1n) is 6.24. The number of nitrogens with one attached hydrogen (secondary N) is 1. The number of hydrogen-bond acceptors (Lipinski definition) is 3. The van der Waals surface area contributed by atoms with Crippen molar-refractivity contribution in [3.05, 3.63) is 23.2 Å². The van der Waals surface area contributed by atoms with Gasteiger partial charge in [-0.05, 0) is 38.1 Å². The Kier molecular flexibility index (Phi) is 4.13. The Morgan fingerprint density at radius 1 is 1.53 bits per heavy atom. The van der Waals surface area contributed by atoms with E-state index in [0.29, 0.717) is 11.1 Å². The average molecular weight is 254 g/mol. The van der Waals surface area contributed by atoms with E-state index >= 15 is 0 Å². The van der Waals surface area contributed by atoms with Gasteiger partial charge in [-0.3, -0.25) is 4.90 Å². The van der Waals surface area contributed by atoms with Crippen molar-refractivity contribution in [2.75, 3.05) is 30.7 Å². The molecule has 3 nitrogen and oxygen atoms in total. The number of likely N-dealkylation sites (tertiary alicyclic amines) is 1. The second-order valence-corrected chi connectivity index (χ2v) is 4.92. The summed E-state index contributed by atoms with van der Waals surface area (Å²) in [6.07, 6.45) is 2.55. The van der Waals surface area contributed by atoms with Crippen LogP contribution in [0.4, 0.5) is 11.4 Å². The number of hydrogen-bond donors (Lipinski definition) is 2. The molecule has 17 heavy (non-hydrogen) atoms. The summed E-state index contributed by atoms with van der Waals surface area (Å²) in [4.78, 5) is 2.50. The van der Waals surface area contributed by atoms with Crippen LogP contribution in [0.1, 0.15) is 19.8 Å². The van der Waals surface area contributed by atoms with Gasteiger partial charge in [0.15, 0.2) is 0 Å². The number of rotatable bonds is 4. The maximum absolute atomic E-state index is 6.13. The van der Waals surface area contributed by atoms with Crippen molar-refractivity contribution >= 4 is 23.0 Å². The molecule has 0 aliphatic carbocycles. The largest absolute Gasteiger partial charge is 0.397 e. The fourth-order valence-corrected chi connectivity index (χ4v) is 2.74. The maximum atomic E-state index is 6.13. The Labute approximate surface area is 108 Å². The Bertz CT molecular complexity index is 361. The first-order valence-corrected chi connectivity index (χ1v) is 6.62. The summed E-state index contributed by atoms with van der Waals surface area (Å²) in [7, 11) is 0. The van der Waals surface area contributed by atoms with Gasteiger partial charge >= 0.3 is 0 Å². The molecule has 1 aliphatic heterocycles. The van der Waals surface area contributed by atoms with E-state index in [2.05, 4.69) is 17.1 Å². The lowest BCUT2D eigenvalue weighted by molar-refractivity contribution is 0.277. The van der Waals surface area contributed by atoms with Crippen molar-refractivity contribution in [3.8, 4) is 0 Å². The molecule has 1 saturated heterocycles. The average Bonchev–Trinajstić information content (AvgIpc) is 2.76. The fraction of sp³-hybridized carbons (Fsp3) is 0.538. The standard InChI is InChI=1S/C13H20ClN3/c1-2-17-8-4-5-10(17)9-16-13-11(14)6-3-7-12(13)15/h3,6-7,10,16H,2,4-5,8-9,15H2,1H3. The summed E-state index contributed by atoms with van der Waals surface area (Å²) >= 11 is 6.13. The number of halogens is 1. The Hall–Kier alpha value is -0.930. The predicted octanol–water partition coefficient (Wildman–Crippen LogP) is 2.82. The minimum Gasteiger partial charge on any atom is -0.397 e. The van der Waals surface area contributed by atoms with Crippen LogP contribution in [0.5, 0.6) is 0 Å². The minimum absolute atomic E-state index is 0.607. The summed E-state index contributed by atoms with van der Waals surface area (Å²) in [5.41, 5.74) is 7.51. The lowest BCUT2D eigenvalue weighted by Gasteiger charge is -2.24. The third kappa shape index (κ3) is 2.85. The third-order valence-corrected chi connectivity index (χ3v) is 3.78. The van der Waals surface area contributed by atoms with Gasteiger partial charge in [0, 0.05) is 12.6 Å². The van der Waals surface area contributed by atoms with Gasteiger partial charge in [-0.1, -0.05) is 24.6 Å². The third-order valence-electron chi connectivity index (χ3n) is 3.47. The van der Waals surface area contributed by atoms with E-state index in [1.807, 2.05) is 18.2 Å². The molecule has 0 radical (unpaired) electrons. The highest BCUT2D eigenvalue weighted by molar-refractivity contribution is 6.33. The summed E-state index contributed by atoms with van der Waals surface area (Å²) in [6.45, 7) is 5.45. The van der Waals surface area contributed by atoms with Gasteiger partial charge in [-0.15, -0.1) is 0 Å². The van der Waals surface area contributed by atoms with Crippen LogP contribution in [0.3, 0.4) is 0 Å². The van der Waals surface area contributed by atoms with E-state index in [0.717, 1.165) is 24.5 Å². The molecule has 0 aromatic heterocycles. The number of nitrogen functional groups attached to an aromatic ring is 1. The highest BCUT2D eigenvalue weighted by atomic mass is 35.5. The quantitative estimate of drug-likeness (QED) is 0.811. The molecular formula is C13H20ClN3.